The molecule has 4 rings (SSSR count). The van der Waals surface area contributed by atoms with Gasteiger partial charge in [-0.25, -0.2) is 4.79 Å². The minimum Gasteiger partial charge on any atom is -0.508 e. The van der Waals surface area contributed by atoms with Gasteiger partial charge in [-0.05, 0) is 53.8 Å². The maximum Gasteiger partial charge on any atom is 0.490 e. The highest BCUT2D eigenvalue weighted by molar-refractivity contribution is 6.05. The molecule has 3 N–H and O–H groups in total. The van der Waals surface area contributed by atoms with E-state index in [1.807, 2.05) is 18.2 Å². The third-order valence-corrected chi connectivity index (χ3v) is 5.15. The van der Waals surface area contributed by atoms with E-state index in [0.717, 1.165) is 30.5 Å². The van der Waals surface area contributed by atoms with Gasteiger partial charge in [0.15, 0.2) is 5.76 Å². The first kappa shape index (κ1) is 19.9. The molecule has 0 radical (unpaired) electrons. The van der Waals surface area contributed by atoms with Crippen LogP contribution in [0.1, 0.15) is 17.5 Å². The fourth-order valence-electron chi connectivity index (χ4n) is 3.97. The molecule has 3 aliphatic rings. The van der Waals surface area contributed by atoms with Crippen LogP contribution in [0.2, 0.25) is 0 Å². The zero-order valence-corrected chi connectivity index (χ0v) is 14.8. The number of phenols is 1. The van der Waals surface area contributed by atoms with Crippen LogP contribution in [0.25, 0.3) is 0 Å². The van der Waals surface area contributed by atoms with E-state index < -0.39 is 12.1 Å². The van der Waals surface area contributed by atoms with Crippen LogP contribution in [-0.2, 0) is 26.2 Å². The number of fused-ring (bicyclic) bond motifs is 2. The van der Waals surface area contributed by atoms with Crippen LogP contribution in [0.3, 0.4) is 0 Å². The summed E-state index contributed by atoms with van der Waals surface area (Å²) in [4.78, 5) is 21.0. The van der Waals surface area contributed by atoms with E-state index in [-0.39, 0.29) is 11.2 Å². The molecule has 2 aliphatic carbocycles. The van der Waals surface area contributed by atoms with Crippen LogP contribution < -0.4 is 5.32 Å². The molecule has 0 aromatic heterocycles. The van der Waals surface area contributed by atoms with Crippen LogP contribution >= 0.6 is 0 Å². The molecular formula is C19H18F3NO5. The second kappa shape index (κ2) is 6.97. The molecular weight excluding hydrogens is 379 g/mol. The smallest absolute Gasteiger partial charge is 0.490 e. The van der Waals surface area contributed by atoms with Crippen LogP contribution in [0.15, 0.2) is 41.7 Å². The molecule has 150 valence electrons. The summed E-state index contributed by atoms with van der Waals surface area (Å²) < 4.78 is 37.0. The maximum absolute atomic E-state index is 12.1. The highest BCUT2D eigenvalue weighted by atomic mass is 19.4. The number of hydrogen-bond donors (Lipinski definition) is 3. The third-order valence-electron chi connectivity index (χ3n) is 5.15. The number of carbonyl (C=O) groups excluding carboxylic acids is 1. The maximum atomic E-state index is 12.1. The van der Waals surface area contributed by atoms with Gasteiger partial charge in [-0.15, -0.1) is 0 Å². The van der Waals surface area contributed by atoms with Gasteiger partial charge in [0.1, 0.15) is 5.75 Å². The van der Waals surface area contributed by atoms with Gasteiger partial charge in [0.05, 0.1) is 7.11 Å². The second-order valence-electron chi connectivity index (χ2n) is 6.85. The minimum atomic E-state index is -5.08. The van der Waals surface area contributed by atoms with Crippen molar-refractivity contribution in [2.45, 2.75) is 30.5 Å². The zero-order chi connectivity index (χ0) is 20.7. The average Bonchev–Trinajstić information content (AvgIpc) is 2.61. The number of hydrogen-bond acceptors (Lipinski definition) is 5. The molecule has 9 heteroatoms. The Kier molecular flexibility index (Phi) is 4.97. The summed E-state index contributed by atoms with van der Waals surface area (Å²) in [6, 6.07) is 5.91. The van der Waals surface area contributed by atoms with Crippen molar-refractivity contribution < 1.29 is 37.7 Å². The van der Waals surface area contributed by atoms with Crippen LogP contribution in [-0.4, -0.2) is 47.8 Å². The molecule has 1 spiro atoms. The zero-order valence-electron chi connectivity index (χ0n) is 14.8. The van der Waals surface area contributed by atoms with Crippen molar-refractivity contribution in [2.24, 2.45) is 0 Å². The molecule has 1 aromatic rings. The van der Waals surface area contributed by atoms with E-state index >= 15 is 0 Å². The molecule has 0 amide bonds. The number of alkyl halides is 3. The van der Waals surface area contributed by atoms with Gasteiger partial charge in [0.2, 0.25) is 5.78 Å². The molecule has 1 aliphatic heterocycles. The van der Waals surface area contributed by atoms with Crippen molar-refractivity contribution in [2.75, 3.05) is 13.7 Å². The predicted molar refractivity (Wildman–Crippen MR) is 91.8 cm³/mol. The molecule has 2 atom stereocenters. The number of aromatic hydroxyl groups is 1. The fourth-order valence-corrected chi connectivity index (χ4v) is 3.97. The highest BCUT2D eigenvalue weighted by Crippen LogP contribution is 2.49. The first-order valence-electron chi connectivity index (χ1n) is 8.45. The van der Waals surface area contributed by atoms with Gasteiger partial charge < -0.3 is 20.3 Å². The summed E-state index contributed by atoms with van der Waals surface area (Å²) in [5, 5.41) is 20.4. The number of carboxylic acid groups (broad SMARTS) is 1. The summed E-state index contributed by atoms with van der Waals surface area (Å²) in [5.41, 5.74) is 3.16. The largest absolute Gasteiger partial charge is 0.508 e. The van der Waals surface area contributed by atoms with E-state index in [1.165, 1.54) is 5.56 Å². The Morgan fingerprint density at radius 3 is 2.64 bits per heavy atom. The van der Waals surface area contributed by atoms with E-state index in [2.05, 4.69) is 5.32 Å². The minimum absolute atomic E-state index is 0.0655. The Bertz CT molecular complexity index is 890. The number of allylic oxidation sites excluding steroid dienone is 2. The Morgan fingerprint density at radius 1 is 1.36 bits per heavy atom. The number of carbonyl (C=O) groups is 2. The average molecular weight is 397 g/mol. The first-order chi connectivity index (χ1) is 13.1. The van der Waals surface area contributed by atoms with Gasteiger partial charge in [-0.1, -0.05) is 6.07 Å². The summed E-state index contributed by atoms with van der Waals surface area (Å²) in [7, 11) is 1.54. The molecule has 1 fully saturated rings. The molecule has 2 bridgehead atoms. The number of piperidine rings is 1. The summed E-state index contributed by atoms with van der Waals surface area (Å²) >= 11 is 0. The number of halogens is 3. The van der Waals surface area contributed by atoms with Crippen LogP contribution in [0.4, 0.5) is 13.2 Å². The Morgan fingerprint density at radius 2 is 2.04 bits per heavy atom. The van der Waals surface area contributed by atoms with Gasteiger partial charge in [-0.3, -0.25) is 4.79 Å². The lowest BCUT2D eigenvalue weighted by molar-refractivity contribution is -0.192. The fraction of sp³-hybridized carbons (Fsp3) is 0.368. The number of benzene rings is 1. The normalized spacial score (nSPS) is 25.3. The lowest BCUT2D eigenvalue weighted by atomic mass is 9.60. The van der Waals surface area contributed by atoms with E-state index in [4.69, 9.17) is 14.6 Å². The van der Waals surface area contributed by atoms with Crippen molar-refractivity contribution in [3.63, 3.8) is 0 Å². The second-order valence-corrected chi connectivity index (χ2v) is 6.85. The predicted octanol–water partition coefficient (Wildman–Crippen LogP) is 2.22. The molecule has 1 saturated heterocycles. The molecule has 1 heterocycles. The number of ether oxygens (including phenoxy) is 1. The number of rotatable bonds is 1. The highest BCUT2D eigenvalue weighted by Gasteiger charge is 2.47. The van der Waals surface area contributed by atoms with Crippen molar-refractivity contribution in [3.05, 3.63) is 52.8 Å². The Hall–Kier alpha value is -2.81. The van der Waals surface area contributed by atoms with Gasteiger partial charge in [0.25, 0.3) is 0 Å². The molecule has 0 saturated carbocycles. The van der Waals surface area contributed by atoms with Gasteiger partial charge >= 0.3 is 12.1 Å². The quantitative estimate of drug-likeness (QED) is 0.673. The summed E-state index contributed by atoms with van der Waals surface area (Å²) in [6.45, 7) is 0.726. The molecule has 6 nitrogen and oxygen atoms in total. The van der Waals surface area contributed by atoms with E-state index in [0.29, 0.717) is 17.6 Å². The number of aliphatic carboxylic acids is 1. The van der Waals surface area contributed by atoms with Crippen molar-refractivity contribution in [1.29, 1.82) is 0 Å². The number of nitrogens with one attached hydrogen (secondary N) is 1. The standard InChI is InChI=1S/C17H17NO3.C2HF3O2/c1-21-16-8-17-7-12(18-9-11(17)6-15(16)20)4-10-5-13(19)2-3-14(10)17;3-2(4,5)1(6)7/h2-3,5-6,8,12,18-19H,4,7,9H2,1H3;(H,6,7). The number of methoxy groups -OCH3 is 1. The summed E-state index contributed by atoms with van der Waals surface area (Å²) in [6.07, 6.45) is 0.442. The topological polar surface area (TPSA) is 95.9 Å². The monoisotopic (exact) mass is 397 g/mol. The van der Waals surface area contributed by atoms with Crippen molar-refractivity contribution in [1.82, 2.24) is 5.32 Å². The third kappa shape index (κ3) is 3.49. The molecule has 2 unspecified atom stereocenters. The number of phenolic OH excluding ortho intramolecular Hbond substituents is 1. The first-order valence-corrected chi connectivity index (χ1v) is 8.45. The molecule has 1 aromatic carbocycles. The number of ketones is 1. The van der Waals surface area contributed by atoms with E-state index in [9.17, 15) is 23.1 Å². The number of carboxylic acids is 1. The van der Waals surface area contributed by atoms with Crippen LogP contribution in [0.5, 0.6) is 5.75 Å². The molecule has 28 heavy (non-hydrogen) atoms. The SMILES string of the molecule is COC1=CC23CC(Cc4cc(O)ccc42)NCC3=CC1=O.O=C(O)C(F)(F)F. The van der Waals surface area contributed by atoms with Gasteiger partial charge in [-0.2, -0.15) is 13.2 Å². The Balaban J connectivity index is 0.000000279. The van der Waals surface area contributed by atoms with Crippen LogP contribution in [0, 0.1) is 0 Å². The Labute approximate surface area is 158 Å². The lowest BCUT2D eigenvalue weighted by Crippen LogP contribution is -2.53. The van der Waals surface area contributed by atoms with Crippen molar-refractivity contribution >= 4 is 11.8 Å². The van der Waals surface area contributed by atoms with Crippen molar-refractivity contribution in [3.8, 4) is 5.75 Å². The lowest BCUT2D eigenvalue weighted by Gasteiger charge is -2.48. The van der Waals surface area contributed by atoms with E-state index in [1.54, 1.807) is 19.3 Å². The van der Waals surface area contributed by atoms with Gasteiger partial charge in [0, 0.05) is 18.0 Å². The summed E-state index contributed by atoms with van der Waals surface area (Å²) in [5.74, 6) is -2.12.